The van der Waals surface area contributed by atoms with Crippen LogP contribution in [0.1, 0.15) is 53.4 Å². The summed E-state index contributed by atoms with van der Waals surface area (Å²) in [5.74, 6) is 0. The summed E-state index contributed by atoms with van der Waals surface area (Å²) in [5, 5.41) is 3.38. The molecule has 1 aliphatic heterocycles. The third-order valence-electron chi connectivity index (χ3n) is 3.67. The zero-order valence-corrected chi connectivity index (χ0v) is 13.2. The van der Waals surface area contributed by atoms with Crippen LogP contribution in [0, 0.1) is 0 Å². The first kappa shape index (κ1) is 17.9. The Morgan fingerprint density at radius 2 is 1.39 bits per heavy atom. The molecule has 18 heavy (non-hydrogen) atoms. The summed E-state index contributed by atoms with van der Waals surface area (Å²) in [7, 11) is 2.08. The predicted octanol–water partition coefficient (Wildman–Crippen LogP) is 2.90. The van der Waals surface area contributed by atoms with Crippen LogP contribution < -0.4 is 5.32 Å². The van der Waals surface area contributed by atoms with Gasteiger partial charge in [0, 0.05) is 25.2 Å². The first-order chi connectivity index (χ1) is 8.90. The van der Waals surface area contributed by atoms with Gasteiger partial charge in [0.25, 0.3) is 0 Å². The minimum atomic E-state index is 0.771. The van der Waals surface area contributed by atoms with Gasteiger partial charge >= 0.3 is 0 Å². The van der Waals surface area contributed by atoms with Crippen molar-refractivity contribution in [2.45, 2.75) is 65.5 Å². The number of hydrogen-bond donors (Lipinski definition) is 1. The van der Waals surface area contributed by atoms with Crippen molar-refractivity contribution in [3.8, 4) is 0 Å². The third kappa shape index (κ3) is 6.17. The normalized spacial score (nSPS) is 28.5. The lowest BCUT2D eigenvalue weighted by molar-refractivity contribution is 0.00676. The molecule has 3 heteroatoms. The van der Waals surface area contributed by atoms with Gasteiger partial charge in [-0.3, -0.25) is 4.90 Å². The molecule has 1 saturated heterocycles. The van der Waals surface area contributed by atoms with Crippen LogP contribution in [0.2, 0.25) is 0 Å². The van der Waals surface area contributed by atoms with E-state index >= 15 is 0 Å². The van der Waals surface area contributed by atoms with Crippen LogP contribution in [-0.2, 0) is 4.74 Å². The van der Waals surface area contributed by atoms with E-state index in [4.69, 9.17) is 4.74 Å². The zero-order chi connectivity index (χ0) is 13.8. The average molecular weight is 258 g/mol. The summed E-state index contributed by atoms with van der Waals surface area (Å²) in [6, 6.07) is 1.61. The summed E-state index contributed by atoms with van der Waals surface area (Å²) >= 11 is 0. The molecule has 2 rings (SSSR count). The standard InChI is InChI=1S/C11H22N2O.2C2H6/c1-12-10-2-4-11(5-3-10)13-6-8-14-9-7-13;2*1-2/h10-12H,2-9H2,1H3;2*1-2H3. The molecule has 1 N–H and O–H groups in total. The molecule has 3 nitrogen and oxygen atoms in total. The van der Waals surface area contributed by atoms with E-state index in [9.17, 15) is 0 Å². The van der Waals surface area contributed by atoms with Crippen LogP contribution >= 0.6 is 0 Å². The minimum Gasteiger partial charge on any atom is -0.379 e. The molecule has 1 aliphatic carbocycles. The van der Waals surface area contributed by atoms with Crippen LogP contribution in [0.25, 0.3) is 0 Å². The molecule has 0 aromatic heterocycles. The molecule has 0 spiro atoms. The van der Waals surface area contributed by atoms with E-state index in [1.54, 1.807) is 0 Å². The van der Waals surface area contributed by atoms with E-state index in [1.165, 1.54) is 25.7 Å². The van der Waals surface area contributed by atoms with E-state index in [2.05, 4.69) is 17.3 Å². The molecule has 0 unspecified atom stereocenters. The number of nitrogens with zero attached hydrogens (tertiary/aromatic N) is 1. The number of ether oxygens (including phenoxy) is 1. The predicted molar refractivity (Wildman–Crippen MR) is 80.2 cm³/mol. The first-order valence-electron chi connectivity index (χ1n) is 7.89. The minimum absolute atomic E-state index is 0.771. The van der Waals surface area contributed by atoms with Gasteiger partial charge < -0.3 is 10.1 Å². The molecule has 0 amide bonds. The first-order valence-corrected chi connectivity index (χ1v) is 7.89. The quantitative estimate of drug-likeness (QED) is 0.824. The van der Waals surface area contributed by atoms with E-state index in [0.29, 0.717) is 0 Å². The Labute approximate surface area is 114 Å². The summed E-state index contributed by atoms with van der Waals surface area (Å²) in [5.41, 5.74) is 0. The molecule has 1 heterocycles. The Bertz CT molecular complexity index is 162. The van der Waals surface area contributed by atoms with E-state index < -0.39 is 0 Å². The molecule has 0 aromatic rings. The summed E-state index contributed by atoms with van der Waals surface area (Å²) in [6.07, 6.45) is 5.42. The highest BCUT2D eigenvalue weighted by Gasteiger charge is 2.25. The Morgan fingerprint density at radius 1 is 0.889 bits per heavy atom. The van der Waals surface area contributed by atoms with Crippen molar-refractivity contribution < 1.29 is 4.74 Å². The van der Waals surface area contributed by atoms with Crippen molar-refractivity contribution in [2.24, 2.45) is 0 Å². The number of morpholine rings is 1. The van der Waals surface area contributed by atoms with Crippen molar-refractivity contribution in [3.63, 3.8) is 0 Å². The molecule has 0 atom stereocenters. The van der Waals surface area contributed by atoms with Crippen molar-refractivity contribution in [1.29, 1.82) is 0 Å². The van der Waals surface area contributed by atoms with E-state index in [0.717, 1.165) is 38.4 Å². The number of hydrogen-bond acceptors (Lipinski definition) is 3. The van der Waals surface area contributed by atoms with Crippen LogP contribution in [-0.4, -0.2) is 50.3 Å². The second-order valence-corrected chi connectivity index (χ2v) is 4.44. The van der Waals surface area contributed by atoms with Gasteiger partial charge in [0.2, 0.25) is 0 Å². The van der Waals surface area contributed by atoms with Gasteiger partial charge in [-0.05, 0) is 32.7 Å². The van der Waals surface area contributed by atoms with Crippen molar-refractivity contribution in [2.75, 3.05) is 33.4 Å². The van der Waals surface area contributed by atoms with Gasteiger partial charge in [0.1, 0.15) is 0 Å². The molecular weight excluding hydrogens is 224 g/mol. The van der Waals surface area contributed by atoms with Crippen molar-refractivity contribution >= 4 is 0 Å². The van der Waals surface area contributed by atoms with Gasteiger partial charge in [-0.25, -0.2) is 0 Å². The van der Waals surface area contributed by atoms with Crippen LogP contribution in [0.5, 0.6) is 0 Å². The van der Waals surface area contributed by atoms with Gasteiger partial charge in [-0.2, -0.15) is 0 Å². The highest BCUT2D eigenvalue weighted by molar-refractivity contribution is 4.82. The molecule has 0 radical (unpaired) electrons. The maximum absolute atomic E-state index is 5.38. The average Bonchev–Trinajstić information content (AvgIpc) is 2.52. The second kappa shape index (κ2) is 11.9. The molecule has 0 aromatic carbocycles. The van der Waals surface area contributed by atoms with E-state index in [1.807, 2.05) is 27.7 Å². The number of nitrogens with one attached hydrogen (secondary N) is 1. The van der Waals surface area contributed by atoms with Gasteiger partial charge in [0.05, 0.1) is 13.2 Å². The Kier molecular flexibility index (Phi) is 11.9. The lowest BCUT2D eigenvalue weighted by Crippen LogP contribution is -2.46. The third-order valence-corrected chi connectivity index (χ3v) is 3.67. The highest BCUT2D eigenvalue weighted by Crippen LogP contribution is 2.23. The fourth-order valence-corrected chi connectivity index (χ4v) is 2.67. The molecular formula is C15H34N2O. The number of rotatable bonds is 2. The molecule has 110 valence electrons. The Hall–Kier alpha value is -0.120. The van der Waals surface area contributed by atoms with Crippen molar-refractivity contribution in [3.05, 3.63) is 0 Å². The SMILES string of the molecule is CC.CC.CNC1CCC(N2CCOCC2)CC1. The lowest BCUT2D eigenvalue weighted by Gasteiger charge is -2.38. The molecule has 2 fully saturated rings. The Balaban J connectivity index is 0.000000659. The van der Waals surface area contributed by atoms with E-state index in [-0.39, 0.29) is 0 Å². The molecule has 2 aliphatic rings. The molecule has 0 bridgehead atoms. The summed E-state index contributed by atoms with van der Waals surface area (Å²) in [6.45, 7) is 12.2. The fourth-order valence-electron chi connectivity index (χ4n) is 2.67. The van der Waals surface area contributed by atoms with Crippen LogP contribution in [0.3, 0.4) is 0 Å². The topological polar surface area (TPSA) is 24.5 Å². The smallest absolute Gasteiger partial charge is 0.0594 e. The van der Waals surface area contributed by atoms with Crippen LogP contribution in [0.4, 0.5) is 0 Å². The van der Waals surface area contributed by atoms with Crippen LogP contribution in [0.15, 0.2) is 0 Å². The maximum atomic E-state index is 5.38. The summed E-state index contributed by atoms with van der Waals surface area (Å²) < 4.78 is 5.38. The zero-order valence-electron chi connectivity index (χ0n) is 13.2. The van der Waals surface area contributed by atoms with Gasteiger partial charge in [-0.15, -0.1) is 0 Å². The van der Waals surface area contributed by atoms with Gasteiger partial charge in [0.15, 0.2) is 0 Å². The Morgan fingerprint density at radius 3 is 1.83 bits per heavy atom. The summed E-state index contributed by atoms with van der Waals surface area (Å²) in [4.78, 5) is 2.62. The largest absolute Gasteiger partial charge is 0.379 e. The lowest BCUT2D eigenvalue weighted by atomic mass is 9.90. The maximum Gasteiger partial charge on any atom is 0.0594 e. The fraction of sp³-hybridized carbons (Fsp3) is 1.00. The van der Waals surface area contributed by atoms with Crippen molar-refractivity contribution in [1.82, 2.24) is 10.2 Å². The monoisotopic (exact) mass is 258 g/mol. The second-order valence-electron chi connectivity index (χ2n) is 4.44. The highest BCUT2D eigenvalue weighted by atomic mass is 16.5. The molecule has 1 saturated carbocycles. The van der Waals surface area contributed by atoms with Gasteiger partial charge in [-0.1, -0.05) is 27.7 Å².